The van der Waals surface area contributed by atoms with E-state index >= 15 is 0 Å². The van der Waals surface area contributed by atoms with Gasteiger partial charge >= 0.3 is 0 Å². The average molecular weight is 257 g/mol. The Balaban J connectivity index is 2.19. The highest BCUT2D eigenvalue weighted by Crippen LogP contribution is 2.22. The van der Waals surface area contributed by atoms with Gasteiger partial charge in [-0.05, 0) is 25.7 Å². The minimum absolute atomic E-state index is 0.292. The topological polar surface area (TPSA) is 29.9 Å². The van der Waals surface area contributed by atoms with Crippen LogP contribution in [0.25, 0.3) is 0 Å². The maximum absolute atomic E-state index is 12.5. The van der Waals surface area contributed by atoms with Gasteiger partial charge in [-0.15, -0.1) is 0 Å². The van der Waals surface area contributed by atoms with Gasteiger partial charge in [-0.1, -0.05) is 13.8 Å². The van der Waals surface area contributed by atoms with Gasteiger partial charge in [0.2, 0.25) is 0 Å². The van der Waals surface area contributed by atoms with Crippen LogP contribution in [0.5, 0.6) is 0 Å². The minimum Gasteiger partial charge on any atom is -0.310 e. The highest BCUT2D eigenvalue weighted by molar-refractivity contribution is 5.27. The predicted octanol–water partition coefficient (Wildman–Crippen LogP) is 2.53. The van der Waals surface area contributed by atoms with Crippen molar-refractivity contribution in [2.45, 2.75) is 65.1 Å². The van der Waals surface area contributed by atoms with Gasteiger partial charge in [-0.2, -0.15) is 5.10 Å². The van der Waals surface area contributed by atoms with E-state index in [1.165, 1.54) is 17.5 Å². The Morgan fingerprint density at radius 2 is 2.06 bits per heavy atom. The fourth-order valence-corrected chi connectivity index (χ4v) is 2.29. The Hall–Kier alpha value is -0.970. The second-order valence-corrected chi connectivity index (χ2v) is 4.81. The third-order valence-electron chi connectivity index (χ3n) is 3.38. The van der Waals surface area contributed by atoms with Crippen LogP contribution in [0, 0.1) is 0 Å². The Bertz CT molecular complexity index is 397. The predicted molar refractivity (Wildman–Crippen MR) is 66.8 cm³/mol. The maximum atomic E-state index is 12.5. The molecule has 18 heavy (non-hydrogen) atoms. The van der Waals surface area contributed by atoms with Crippen molar-refractivity contribution in [3.63, 3.8) is 0 Å². The van der Waals surface area contributed by atoms with Crippen molar-refractivity contribution in [3.8, 4) is 0 Å². The molecule has 1 fully saturated rings. The Kier molecular flexibility index (Phi) is 4.32. The summed E-state index contributed by atoms with van der Waals surface area (Å²) in [5, 5.41) is 7.78. The minimum atomic E-state index is -2.34. The molecule has 1 N–H and O–H groups in total. The number of aryl methyl sites for hydroxylation is 1. The molecule has 0 unspecified atom stereocenters. The van der Waals surface area contributed by atoms with Gasteiger partial charge in [0, 0.05) is 23.8 Å². The molecule has 2 rings (SSSR count). The largest absolute Gasteiger partial charge is 0.310 e. The highest BCUT2D eigenvalue weighted by atomic mass is 19.3. The fourth-order valence-electron chi connectivity index (χ4n) is 2.29. The summed E-state index contributed by atoms with van der Waals surface area (Å²) >= 11 is 0. The van der Waals surface area contributed by atoms with Crippen LogP contribution in [-0.2, 0) is 25.9 Å². The molecule has 1 aliphatic carbocycles. The van der Waals surface area contributed by atoms with Crippen molar-refractivity contribution < 1.29 is 8.78 Å². The third kappa shape index (κ3) is 3.07. The standard InChI is InChI=1S/C13H21F2N3/c1-3-11-10(7-16-9-5-6-9)12(4-2)18(17-11)8-13(14)15/h9,13,16H,3-8H2,1-2H3. The SMILES string of the molecule is CCc1nn(CC(F)F)c(CC)c1CNC1CC1. The van der Waals surface area contributed by atoms with E-state index in [-0.39, 0.29) is 6.54 Å². The molecular formula is C13H21F2N3. The first kappa shape index (κ1) is 13.5. The lowest BCUT2D eigenvalue weighted by Gasteiger charge is -2.08. The zero-order chi connectivity index (χ0) is 13.1. The van der Waals surface area contributed by atoms with Crippen molar-refractivity contribution in [3.05, 3.63) is 17.0 Å². The van der Waals surface area contributed by atoms with Crippen LogP contribution in [0.2, 0.25) is 0 Å². The lowest BCUT2D eigenvalue weighted by Crippen LogP contribution is -2.17. The molecule has 0 atom stereocenters. The summed E-state index contributed by atoms with van der Waals surface area (Å²) in [4.78, 5) is 0. The van der Waals surface area contributed by atoms with E-state index in [9.17, 15) is 8.78 Å². The number of hydrogen-bond acceptors (Lipinski definition) is 2. The zero-order valence-electron chi connectivity index (χ0n) is 11.0. The summed E-state index contributed by atoms with van der Waals surface area (Å²) in [6, 6.07) is 0.623. The van der Waals surface area contributed by atoms with Crippen LogP contribution < -0.4 is 5.32 Å². The molecule has 0 saturated heterocycles. The van der Waals surface area contributed by atoms with Crippen LogP contribution in [0.3, 0.4) is 0 Å². The van der Waals surface area contributed by atoms with Gasteiger partial charge in [0.25, 0.3) is 6.43 Å². The number of nitrogens with one attached hydrogen (secondary N) is 1. The molecule has 1 saturated carbocycles. The quantitative estimate of drug-likeness (QED) is 0.813. The molecule has 0 amide bonds. The molecule has 0 spiro atoms. The summed E-state index contributed by atoms with van der Waals surface area (Å²) in [7, 11) is 0. The molecule has 1 heterocycles. The number of hydrogen-bond donors (Lipinski definition) is 1. The molecule has 5 heteroatoms. The number of aromatic nitrogens is 2. The Morgan fingerprint density at radius 1 is 1.33 bits per heavy atom. The first-order chi connectivity index (χ1) is 8.65. The summed E-state index contributed by atoms with van der Waals surface area (Å²) < 4.78 is 26.6. The van der Waals surface area contributed by atoms with Crippen LogP contribution >= 0.6 is 0 Å². The summed E-state index contributed by atoms with van der Waals surface area (Å²) in [6.45, 7) is 4.49. The lowest BCUT2D eigenvalue weighted by molar-refractivity contribution is 0.120. The Morgan fingerprint density at radius 3 is 2.56 bits per heavy atom. The van der Waals surface area contributed by atoms with Gasteiger partial charge in [-0.25, -0.2) is 8.78 Å². The first-order valence-corrected chi connectivity index (χ1v) is 6.74. The van der Waals surface area contributed by atoms with Crippen molar-refractivity contribution in [1.82, 2.24) is 15.1 Å². The normalized spacial score (nSPS) is 15.6. The molecular weight excluding hydrogens is 236 g/mol. The smallest absolute Gasteiger partial charge is 0.257 e. The Labute approximate surface area is 107 Å². The molecule has 102 valence electrons. The van der Waals surface area contributed by atoms with Gasteiger partial charge in [0.05, 0.1) is 5.69 Å². The van der Waals surface area contributed by atoms with E-state index in [2.05, 4.69) is 10.4 Å². The second kappa shape index (κ2) is 5.78. The van der Waals surface area contributed by atoms with E-state index in [1.54, 1.807) is 0 Å². The number of nitrogens with zero attached hydrogens (tertiary/aromatic N) is 2. The molecule has 1 aromatic rings. The van der Waals surface area contributed by atoms with Crippen molar-refractivity contribution in [2.75, 3.05) is 0 Å². The van der Waals surface area contributed by atoms with Crippen molar-refractivity contribution in [1.29, 1.82) is 0 Å². The number of alkyl halides is 2. The van der Waals surface area contributed by atoms with Gasteiger partial charge in [-0.3, -0.25) is 4.68 Å². The molecule has 3 nitrogen and oxygen atoms in total. The summed E-state index contributed by atoms with van der Waals surface area (Å²) in [5.74, 6) is 0. The molecule has 1 aliphatic rings. The second-order valence-electron chi connectivity index (χ2n) is 4.81. The van der Waals surface area contributed by atoms with E-state index in [0.717, 1.165) is 36.3 Å². The van der Waals surface area contributed by atoms with Crippen LogP contribution in [-0.4, -0.2) is 22.2 Å². The molecule has 0 aliphatic heterocycles. The van der Waals surface area contributed by atoms with Crippen LogP contribution in [0.15, 0.2) is 0 Å². The molecule has 0 radical (unpaired) electrons. The first-order valence-electron chi connectivity index (χ1n) is 6.74. The van der Waals surface area contributed by atoms with Gasteiger partial charge < -0.3 is 5.32 Å². The molecule has 0 bridgehead atoms. The lowest BCUT2D eigenvalue weighted by atomic mass is 10.1. The van der Waals surface area contributed by atoms with E-state index in [0.29, 0.717) is 6.04 Å². The average Bonchev–Trinajstić information content (AvgIpc) is 3.09. The van der Waals surface area contributed by atoms with Crippen LogP contribution in [0.4, 0.5) is 8.78 Å². The highest BCUT2D eigenvalue weighted by Gasteiger charge is 2.23. The summed E-state index contributed by atoms with van der Waals surface area (Å²) in [6.07, 6.45) is 1.67. The van der Waals surface area contributed by atoms with E-state index in [1.807, 2.05) is 13.8 Å². The van der Waals surface area contributed by atoms with Gasteiger partial charge in [0.1, 0.15) is 6.54 Å². The third-order valence-corrected chi connectivity index (χ3v) is 3.38. The van der Waals surface area contributed by atoms with Crippen molar-refractivity contribution in [2.24, 2.45) is 0 Å². The van der Waals surface area contributed by atoms with Crippen LogP contribution in [0.1, 0.15) is 43.6 Å². The summed E-state index contributed by atoms with van der Waals surface area (Å²) in [5.41, 5.74) is 3.05. The van der Waals surface area contributed by atoms with E-state index < -0.39 is 6.43 Å². The maximum Gasteiger partial charge on any atom is 0.257 e. The number of rotatable bonds is 7. The molecule has 0 aromatic carbocycles. The molecule has 1 aromatic heterocycles. The fraction of sp³-hybridized carbons (Fsp3) is 0.769. The zero-order valence-corrected chi connectivity index (χ0v) is 11.0. The van der Waals surface area contributed by atoms with E-state index in [4.69, 9.17) is 0 Å². The van der Waals surface area contributed by atoms with Crippen molar-refractivity contribution >= 4 is 0 Å². The number of halogens is 2. The van der Waals surface area contributed by atoms with Gasteiger partial charge in [0.15, 0.2) is 0 Å². The monoisotopic (exact) mass is 257 g/mol.